The van der Waals surface area contributed by atoms with Crippen LogP contribution in [0.4, 0.5) is 5.69 Å². The van der Waals surface area contributed by atoms with Crippen molar-refractivity contribution in [2.45, 2.75) is 26.3 Å². The molecule has 8 heteroatoms. The molecule has 0 saturated carbocycles. The smallest absolute Gasteiger partial charge is 0.191 e. The molecular weight excluding hydrogens is 459 g/mol. The van der Waals surface area contributed by atoms with Gasteiger partial charge in [-0.05, 0) is 20.3 Å². The lowest BCUT2D eigenvalue weighted by Crippen LogP contribution is -2.44. The van der Waals surface area contributed by atoms with Crippen LogP contribution in [-0.2, 0) is 4.74 Å². The Bertz CT molecular complexity index is 564. The standard InChI is InChI=1S/C19H32N4O3.HI/c1-5-20-19(21-8-10-26-6-2)22-15-7-9-23(14-15)16-11-17(24-3)13-18(12-16)25-4;/h11-13,15H,5-10,14H2,1-4H3,(H2,20,21,22);1H. The van der Waals surface area contributed by atoms with Crippen LogP contribution < -0.4 is 25.0 Å². The predicted molar refractivity (Wildman–Crippen MR) is 121 cm³/mol. The second-order valence-corrected chi connectivity index (χ2v) is 6.10. The summed E-state index contributed by atoms with van der Waals surface area (Å²) in [7, 11) is 3.35. The molecule has 0 aliphatic carbocycles. The number of rotatable bonds is 9. The molecule has 1 heterocycles. The van der Waals surface area contributed by atoms with Crippen molar-refractivity contribution in [1.29, 1.82) is 0 Å². The number of methoxy groups -OCH3 is 2. The summed E-state index contributed by atoms with van der Waals surface area (Å²) in [6.07, 6.45) is 1.05. The number of benzene rings is 1. The van der Waals surface area contributed by atoms with Crippen LogP contribution in [-0.4, -0.2) is 65.6 Å². The third kappa shape index (κ3) is 7.61. The predicted octanol–water partition coefficient (Wildman–Crippen LogP) is 2.49. The molecule has 27 heavy (non-hydrogen) atoms. The van der Waals surface area contributed by atoms with E-state index in [2.05, 4.69) is 27.4 Å². The highest BCUT2D eigenvalue weighted by Gasteiger charge is 2.24. The average molecular weight is 492 g/mol. The van der Waals surface area contributed by atoms with E-state index in [1.165, 1.54) is 0 Å². The maximum Gasteiger partial charge on any atom is 0.191 e. The van der Waals surface area contributed by atoms with Gasteiger partial charge in [0.05, 0.1) is 27.4 Å². The molecule has 0 spiro atoms. The van der Waals surface area contributed by atoms with Crippen LogP contribution in [0.1, 0.15) is 20.3 Å². The van der Waals surface area contributed by atoms with Crippen LogP contribution in [0.15, 0.2) is 23.2 Å². The quantitative estimate of drug-likeness (QED) is 0.239. The molecule has 7 nitrogen and oxygen atoms in total. The van der Waals surface area contributed by atoms with Gasteiger partial charge in [0, 0.05) is 56.2 Å². The first-order chi connectivity index (χ1) is 12.7. The van der Waals surface area contributed by atoms with E-state index in [1.807, 2.05) is 25.1 Å². The van der Waals surface area contributed by atoms with Crippen molar-refractivity contribution >= 4 is 35.6 Å². The van der Waals surface area contributed by atoms with Gasteiger partial charge in [-0.2, -0.15) is 0 Å². The number of ether oxygens (including phenoxy) is 3. The second-order valence-electron chi connectivity index (χ2n) is 6.10. The Hall–Kier alpha value is -1.42. The van der Waals surface area contributed by atoms with Gasteiger partial charge in [-0.15, -0.1) is 24.0 Å². The van der Waals surface area contributed by atoms with Crippen LogP contribution in [0.5, 0.6) is 11.5 Å². The molecule has 1 fully saturated rings. The number of halogens is 1. The van der Waals surface area contributed by atoms with Crippen LogP contribution in [0, 0.1) is 0 Å². The molecule has 1 aromatic rings. The lowest BCUT2D eigenvalue weighted by atomic mass is 10.2. The summed E-state index contributed by atoms with van der Waals surface area (Å²) in [6, 6.07) is 6.33. The molecule has 2 N–H and O–H groups in total. The molecule has 0 bridgehead atoms. The molecule has 0 amide bonds. The number of nitrogens with zero attached hydrogens (tertiary/aromatic N) is 2. The topological polar surface area (TPSA) is 67.4 Å². The SMILES string of the molecule is CCNC(=NCCOCC)NC1CCN(c2cc(OC)cc(OC)c2)C1.I. The first kappa shape index (κ1) is 23.6. The maximum absolute atomic E-state index is 5.38. The van der Waals surface area contributed by atoms with Gasteiger partial charge < -0.3 is 29.7 Å². The van der Waals surface area contributed by atoms with E-state index < -0.39 is 0 Å². The summed E-state index contributed by atoms with van der Waals surface area (Å²) in [5.74, 6) is 2.46. The fraction of sp³-hybridized carbons (Fsp3) is 0.632. The molecule has 1 aliphatic rings. The van der Waals surface area contributed by atoms with Gasteiger partial charge in [0.25, 0.3) is 0 Å². The van der Waals surface area contributed by atoms with Gasteiger partial charge >= 0.3 is 0 Å². The second kappa shape index (κ2) is 12.9. The number of aliphatic imine (C=N–C) groups is 1. The third-order valence-corrected chi connectivity index (χ3v) is 4.28. The molecule has 2 rings (SSSR count). The van der Waals surface area contributed by atoms with E-state index in [1.54, 1.807) is 14.2 Å². The Morgan fingerprint density at radius 1 is 1.19 bits per heavy atom. The highest BCUT2D eigenvalue weighted by Crippen LogP contribution is 2.30. The van der Waals surface area contributed by atoms with E-state index in [-0.39, 0.29) is 24.0 Å². The van der Waals surface area contributed by atoms with E-state index in [0.29, 0.717) is 19.2 Å². The van der Waals surface area contributed by atoms with E-state index >= 15 is 0 Å². The van der Waals surface area contributed by atoms with Crippen LogP contribution in [0.3, 0.4) is 0 Å². The molecule has 1 unspecified atom stereocenters. The molecule has 154 valence electrons. The van der Waals surface area contributed by atoms with Gasteiger partial charge in [-0.1, -0.05) is 0 Å². The van der Waals surface area contributed by atoms with Crippen LogP contribution in [0.25, 0.3) is 0 Å². The van der Waals surface area contributed by atoms with Crippen molar-refractivity contribution in [2.24, 2.45) is 4.99 Å². The summed E-state index contributed by atoms with van der Waals surface area (Å²) in [5.41, 5.74) is 1.11. The monoisotopic (exact) mass is 492 g/mol. The van der Waals surface area contributed by atoms with Crippen molar-refractivity contribution in [3.05, 3.63) is 18.2 Å². The number of guanidine groups is 1. The molecule has 1 aromatic carbocycles. The van der Waals surface area contributed by atoms with Crippen LogP contribution in [0.2, 0.25) is 0 Å². The van der Waals surface area contributed by atoms with Gasteiger partial charge in [-0.3, -0.25) is 4.99 Å². The first-order valence-corrected chi connectivity index (χ1v) is 9.30. The largest absolute Gasteiger partial charge is 0.497 e. The molecule has 1 saturated heterocycles. The zero-order chi connectivity index (χ0) is 18.8. The fourth-order valence-electron chi connectivity index (χ4n) is 2.97. The minimum Gasteiger partial charge on any atom is -0.497 e. The summed E-state index contributed by atoms with van der Waals surface area (Å²) in [5, 5.41) is 6.83. The lowest BCUT2D eigenvalue weighted by Gasteiger charge is -2.21. The van der Waals surface area contributed by atoms with Crippen molar-refractivity contribution in [3.8, 4) is 11.5 Å². The fourth-order valence-corrected chi connectivity index (χ4v) is 2.97. The highest BCUT2D eigenvalue weighted by molar-refractivity contribution is 14.0. The minimum atomic E-state index is 0. The number of nitrogens with one attached hydrogen (secondary N) is 2. The minimum absolute atomic E-state index is 0. The zero-order valence-electron chi connectivity index (χ0n) is 16.8. The average Bonchev–Trinajstić information content (AvgIpc) is 3.13. The summed E-state index contributed by atoms with van der Waals surface area (Å²) < 4.78 is 16.1. The molecule has 0 aromatic heterocycles. The van der Waals surface area contributed by atoms with Gasteiger partial charge in [0.15, 0.2) is 5.96 Å². The molecule has 1 aliphatic heterocycles. The highest BCUT2D eigenvalue weighted by atomic mass is 127. The zero-order valence-corrected chi connectivity index (χ0v) is 19.1. The molecule has 1 atom stereocenters. The van der Waals surface area contributed by atoms with Gasteiger partial charge in [-0.25, -0.2) is 0 Å². The first-order valence-electron chi connectivity index (χ1n) is 9.30. The van der Waals surface area contributed by atoms with Crippen molar-refractivity contribution in [3.63, 3.8) is 0 Å². The molecular formula is C19H33IN4O3. The van der Waals surface area contributed by atoms with E-state index in [4.69, 9.17) is 14.2 Å². The number of hydrogen-bond acceptors (Lipinski definition) is 5. The van der Waals surface area contributed by atoms with E-state index in [9.17, 15) is 0 Å². The summed E-state index contributed by atoms with van der Waals surface area (Å²) in [6.45, 7) is 8.82. The summed E-state index contributed by atoms with van der Waals surface area (Å²) >= 11 is 0. The number of anilines is 1. The maximum atomic E-state index is 5.38. The Kier molecular flexibility index (Phi) is 11.3. The third-order valence-electron chi connectivity index (χ3n) is 4.28. The summed E-state index contributed by atoms with van der Waals surface area (Å²) in [4.78, 5) is 6.92. The Morgan fingerprint density at radius 3 is 2.48 bits per heavy atom. The lowest BCUT2D eigenvalue weighted by molar-refractivity contribution is 0.155. The van der Waals surface area contributed by atoms with Crippen molar-refractivity contribution < 1.29 is 14.2 Å². The van der Waals surface area contributed by atoms with Crippen LogP contribution >= 0.6 is 24.0 Å². The van der Waals surface area contributed by atoms with Crippen molar-refractivity contribution in [1.82, 2.24) is 10.6 Å². The van der Waals surface area contributed by atoms with Crippen molar-refractivity contribution in [2.75, 3.05) is 58.5 Å². The Balaban J connectivity index is 0.00000364. The normalized spacial score (nSPS) is 16.7. The Labute approximate surface area is 179 Å². The Morgan fingerprint density at radius 2 is 1.89 bits per heavy atom. The van der Waals surface area contributed by atoms with Gasteiger partial charge in [0.2, 0.25) is 0 Å². The van der Waals surface area contributed by atoms with Gasteiger partial charge in [0.1, 0.15) is 11.5 Å². The van der Waals surface area contributed by atoms with E-state index in [0.717, 1.165) is 55.8 Å². The molecule has 0 radical (unpaired) electrons. The number of hydrogen-bond donors (Lipinski definition) is 2.